The number of ether oxygens (including phenoxy) is 1. The van der Waals surface area contributed by atoms with Crippen molar-refractivity contribution in [1.29, 1.82) is 0 Å². The molecule has 106 valence electrons. The average molecular weight is 266 g/mol. The average Bonchev–Trinajstić information content (AvgIpc) is 2.45. The van der Waals surface area contributed by atoms with Crippen molar-refractivity contribution in [3.63, 3.8) is 0 Å². The van der Waals surface area contributed by atoms with Gasteiger partial charge in [0.1, 0.15) is 5.75 Å². The minimum Gasteiger partial charge on any atom is -0.508 e. The fourth-order valence-electron chi connectivity index (χ4n) is 2.12. The predicted molar refractivity (Wildman–Crippen MR) is 73.2 cm³/mol. The van der Waals surface area contributed by atoms with E-state index in [9.17, 15) is 10.2 Å². The molecule has 1 fully saturated rings. The van der Waals surface area contributed by atoms with Crippen molar-refractivity contribution in [2.75, 3.05) is 45.9 Å². The topological polar surface area (TPSA) is 65.0 Å². The van der Waals surface area contributed by atoms with Gasteiger partial charge in [-0.25, -0.2) is 0 Å². The Labute approximate surface area is 113 Å². The van der Waals surface area contributed by atoms with Crippen molar-refractivity contribution in [3.05, 3.63) is 29.8 Å². The summed E-state index contributed by atoms with van der Waals surface area (Å²) in [6.07, 6.45) is -0.537. The number of aliphatic hydroxyl groups is 1. The van der Waals surface area contributed by atoms with E-state index < -0.39 is 6.10 Å². The SMILES string of the molecule is Oc1ccc(C(O)CNCCN2CCOCC2)cc1. The summed E-state index contributed by atoms with van der Waals surface area (Å²) in [7, 11) is 0. The molecule has 1 heterocycles. The van der Waals surface area contributed by atoms with Crippen LogP contribution in [-0.2, 0) is 4.74 Å². The zero-order valence-corrected chi connectivity index (χ0v) is 11.1. The first-order chi connectivity index (χ1) is 9.25. The first kappa shape index (κ1) is 14.3. The maximum atomic E-state index is 9.97. The molecule has 2 rings (SSSR count). The van der Waals surface area contributed by atoms with Crippen molar-refractivity contribution in [3.8, 4) is 5.75 Å². The third-order valence-corrected chi connectivity index (χ3v) is 3.32. The molecule has 5 heteroatoms. The summed E-state index contributed by atoms with van der Waals surface area (Å²) in [6.45, 7) is 5.96. The van der Waals surface area contributed by atoms with Crippen LogP contribution in [0, 0.1) is 0 Å². The molecule has 0 amide bonds. The van der Waals surface area contributed by atoms with Gasteiger partial charge in [-0.1, -0.05) is 12.1 Å². The summed E-state index contributed by atoms with van der Waals surface area (Å²) < 4.78 is 5.29. The van der Waals surface area contributed by atoms with Gasteiger partial charge in [0.25, 0.3) is 0 Å². The second kappa shape index (κ2) is 7.45. The number of nitrogens with one attached hydrogen (secondary N) is 1. The molecule has 0 radical (unpaired) electrons. The highest BCUT2D eigenvalue weighted by atomic mass is 16.5. The van der Waals surface area contributed by atoms with E-state index >= 15 is 0 Å². The molecule has 1 aliphatic heterocycles. The molecule has 5 nitrogen and oxygen atoms in total. The molecule has 1 saturated heterocycles. The number of nitrogens with zero attached hydrogens (tertiary/aromatic N) is 1. The van der Waals surface area contributed by atoms with Crippen molar-refractivity contribution in [2.45, 2.75) is 6.10 Å². The maximum absolute atomic E-state index is 9.97. The van der Waals surface area contributed by atoms with Crippen LogP contribution in [0.4, 0.5) is 0 Å². The van der Waals surface area contributed by atoms with E-state index in [2.05, 4.69) is 10.2 Å². The number of aliphatic hydroxyl groups excluding tert-OH is 1. The van der Waals surface area contributed by atoms with E-state index in [1.54, 1.807) is 24.3 Å². The Kier molecular flexibility index (Phi) is 5.60. The van der Waals surface area contributed by atoms with Gasteiger partial charge in [0.15, 0.2) is 0 Å². The lowest BCUT2D eigenvalue weighted by Gasteiger charge is -2.26. The Bertz CT molecular complexity index is 363. The van der Waals surface area contributed by atoms with Crippen LogP contribution < -0.4 is 5.32 Å². The van der Waals surface area contributed by atoms with Crippen LogP contribution in [0.3, 0.4) is 0 Å². The Morgan fingerprint density at radius 2 is 1.89 bits per heavy atom. The molecule has 0 aromatic heterocycles. The summed E-state index contributed by atoms with van der Waals surface area (Å²) in [6, 6.07) is 6.66. The molecule has 1 unspecified atom stereocenters. The van der Waals surface area contributed by atoms with Crippen LogP contribution in [0.15, 0.2) is 24.3 Å². The van der Waals surface area contributed by atoms with Crippen LogP contribution in [0.5, 0.6) is 5.75 Å². The zero-order valence-electron chi connectivity index (χ0n) is 11.1. The number of hydrogen-bond acceptors (Lipinski definition) is 5. The first-order valence-electron chi connectivity index (χ1n) is 6.73. The van der Waals surface area contributed by atoms with E-state index in [4.69, 9.17) is 4.74 Å². The zero-order chi connectivity index (χ0) is 13.5. The molecule has 1 atom stereocenters. The normalized spacial score (nSPS) is 18.4. The fourth-order valence-corrected chi connectivity index (χ4v) is 2.12. The summed E-state index contributed by atoms with van der Waals surface area (Å²) in [4.78, 5) is 2.35. The molecule has 0 saturated carbocycles. The van der Waals surface area contributed by atoms with Gasteiger partial charge >= 0.3 is 0 Å². The van der Waals surface area contributed by atoms with Gasteiger partial charge in [-0.3, -0.25) is 4.90 Å². The van der Waals surface area contributed by atoms with Gasteiger partial charge in [0.05, 0.1) is 19.3 Å². The van der Waals surface area contributed by atoms with E-state index in [-0.39, 0.29) is 5.75 Å². The minimum atomic E-state index is -0.537. The van der Waals surface area contributed by atoms with Crippen molar-refractivity contribution in [2.24, 2.45) is 0 Å². The van der Waals surface area contributed by atoms with Crippen LogP contribution in [0.25, 0.3) is 0 Å². The molecule has 1 aromatic rings. The molecular formula is C14H22N2O3. The highest BCUT2D eigenvalue weighted by Gasteiger charge is 2.10. The Morgan fingerprint density at radius 1 is 1.21 bits per heavy atom. The predicted octanol–water partition coefficient (Wildman–Crippen LogP) is 0.347. The number of phenols is 1. The van der Waals surface area contributed by atoms with E-state index in [1.165, 1.54) is 0 Å². The molecule has 19 heavy (non-hydrogen) atoms. The van der Waals surface area contributed by atoms with Gasteiger partial charge in [-0.15, -0.1) is 0 Å². The first-order valence-corrected chi connectivity index (χ1v) is 6.73. The third kappa shape index (κ3) is 4.80. The van der Waals surface area contributed by atoms with Gasteiger partial charge in [-0.05, 0) is 17.7 Å². The van der Waals surface area contributed by atoms with Gasteiger partial charge in [-0.2, -0.15) is 0 Å². The maximum Gasteiger partial charge on any atom is 0.115 e. The number of hydrogen-bond donors (Lipinski definition) is 3. The van der Waals surface area contributed by atoms with Crippen molar-refractivity contribution >= 4 is 0 Å². The highest BCUT2D eigenvalue weighted by molar-refractivity contribution is 5.27. The molecule has 3 N–H and O–H groups in total. The summed E-state index contributed by atoms with van der Waals surface area (Å²) >= 11 is 0. The van der Waals surface area contributed by atoms with E-state index in [0.717, 1.165) is 45.0 Å². The molecule has 0 bridgehead atoms. The summed E-state index contributed by atoms with van der Waals surface area (Å²) in [5.74, 6) is 0.219. The minimum absolute atomic E-state index is 0.219. The molecule has 0 aliphatic carbocycles. The Balaban J connectivity index is 1.63. The second-order valence-corrected chi connectivity index (χ2v) is 4.77. The number of phenolic OH excluding ortho intramolecular Hbond substituents is 1. The van der Waals surface area contributed by atoms with Crippen LogP contribution in [0.2, 0.25) is 0 Å². The molecule has 1 aliphatic rings. The highest BCUT2D eigenvalue weighted by Crippen LogP contribution is 2.15. The number of aromatic hydroxyl groups is 1. The number of benzene rings is 1. The summed E-state index contributed by atoms with van der Waals surface area (Å²) in [5.41, 5.74) is 0.816. The van der Waals surface area contributed by atoms with E-state index in [0.29, 0.717) is 6.54 Å². The monoisotopic (exact) mass is 266 g/mol. The standard InChI is InChI=1S/C14H22N2O3/c17-13-3-1-12(2-4-13)14(18)11-15-5-6-16-7-9-19-10-8-16/h1-4,14-15,17-18H,5-11H2. The van der Waals surface area contributed by atoms with Gasteiger partial charge < -0.3 is 20.3 Å². The molecule has 1 aromatic carbocycles. The van der Waals surface area contributed by atoms with Crippen LogP contribution >= 0.6 is 0 Å². The van der Waals surface area contributed by atoms with Gasteiger partial charge in [0.2, 0.25) is 0 Å². The lowest BCUT2D eigenvalue weighted by Crippen LogP contribution is -2.40. The second-order valence-electron chi connectivity index (χ2n) is 4.77. The largest absolute Gasteiger partial charge is 0.508 e. The van der Waals surface area contributed by atoms with Gasteiger partial charge in [0, 0.05) is 32.7 Å². The van der Waals surface area contributed by atoms with E-state index in [1.807, 2.05) is 0 Å². The summed E-state index contributed by atoms with van der Waals surface area (Å²) in [5, 5.41) is 22.4. The smallest absolute Gasteiger partial charge is 0.115 e. The Morgan fingerprint density at radius 3 is 2.58 bits per heavy atom. The number of morpholine rings is 1. The van der Waals surface area contributed by atoms with Crippen molar-refractivity contribution in [1.82, 2.24) is 10.2 Å². The fraction of sp³-hybridized carbons (Fsp3) is 0.571. The lowest BCUT2D eigenvalue weighted by atomic mass is 10.1. The molecule has 0 spiro atoms. The van der Waals surface area contributed by atoms with Crippen LogP contribution in [-0.4, -0.2) is 61.1 Å². The molecular weight excluding hydrogens is 244 g/mol. The Hall–Kier alpha value is -1.14. The van der Waals surface area contributed by atoms with Crippen LogP contribution in [0.1, 0.15) is 11.7 Å². The number of rotatable bonds is 6. The van der Waals surface area contributed by atoms with Crippen molar-refractivity contribution < 1.29 is 14.9 Å². The quantitative estimate of drug-likeness (QED) is 0.648. The lowest BCUT2D eigenvalue weighted by molar-refractivity contribution is 0.0380. The third-order valence-electron chi connectivity index (χ3n) is 3.32.